The lowest BCUT2D eigenvalue weighted by molar-refractivity contribution is 0.484. The third kappa shape index (κ3) is 2.31. The van der Waals surface area contributed by atoms with E-state index < -0.39 is 10.1 Å². The molecule has 0 atom stereocenters. The zero-order chi connectivity index (χ0) is 12.5. The van der Waals surface area contributed by atoms with E-state index in [1.807, 2.05) is 12.1 Å². The summed E-state index contributed by atoms with van der Waals surface area (Å²) in [6.45, 7) is 0.495. The second kappa shape index (κ2) is 4.44. The molecule has 2 rings (SSSR count). The fourth-order valence-electron chi connectivity index (χ4n) is 1.94. The van der Waals surface area contributed by atoms with Crippen molar-refractivity contribution in [3.8, 4) is 0 Å². The maximum absolute atomic E-state index is 11.2. The zero-order valence-corrected chi connectivity index (χ0v) is 9.94. The van der Waals surface area contributed by atoms with Crippen molar-refractivity contribution in [2.45, 2.75) is 11.3 Å². The molecule has 2 aromatic carbocycles. The van der Waals surface area contributed by atoms with Gasteiger partial charge in [-0.3, -0.25) is 4.55 Å². The van der Waals surface area contributed by atoms with Gasteiger partial charge in [-0.05, 0) is 30.0 Å². The Morgan fingerprint density at radius 3 is 2.35 bits per heavy atom. The fourth-order valence-corrected chi connectivity index (χ4v) is 2.65. The van der Waals surface area contributed by atoms with Gasteiger partial charge < -0.3 is 5.73 Å². The van der Waals surface area contributed by atoms with Gasteiger partial charge in [-0.25, -0.2) is 0 Å². The Balaban J connectivity index is 2.79. The monoisotopic (exact) mass is 251 g/mol. The number of hydrogen-bond donors (Lipinski definition) is 2. The van der Waals surface area contributed by atoms with Gasteiger partial charge in [0, 0.05) is 5.39 Å². The molecule has 0 saturated heterocycles. The number of fused-ring (bicyclic) bond motifs is 1. The van der Waals surface area contributed by atoms with Gasteiger partial charge in [-0.15, -0.1) is 0 Å². The topological polar surface area (TPSA) is 80.4 Å². The van der Waals surface area contributed by atoms with E-state index in [0.717, 1.165) is 10.9 Å². The molecule has 2 aromatic rings. The van der Waals surface area contributed by atoms with Gasteiger partial charge in [-0.2, -0.15) is 8.42 Å². The lowest BCUT2D eigenvalue weighted by Crippen LogP contribution is -2.04. The van der Waals surface area contributed by atoms with Crippen molar-refractivity contribution < 1.29 is 13.0 Å². The summed E-state index contributed by atoms with van der Waals surface area (Å²) in [5.74, 6) is 0. The highest BCUT2D eigenvalue weighted by Crippen LogP contribution is 2.25. The lowest BCUT2D eigenvalue weighted by Gasteiger charge is -2.08. The van der Waals surface area contributed by atoms with Crippen molar-refractivity contribution in [1.29, 1.82) is 0 Å². The maximum Gasteiger partial charge on any atom is 0.295 e. The molecule has 0 aliphatic carbocycles. The normalized spacial score (nSPS) is 11.9. The molecule has 5 heteroatoms. The van der Waals surface area contributed by atoms with E-state index in [0.29, 0.717) is 18.4 Å². The van der Waals surface area contributed by atoms with E-state index in [-0.39, 0.29) is 4.90 Å². The van der Waals surface area contributed by atoms with Crippen LogP contribution in [0.15, 0.2) is 41.3 Å². The molecule has 0 radical (unpaired) electrons. The first kappa shape index (κ1) is 12.0. The molecule has 0 unspecified atom stereocenters. The average molecular weight is 251 g/mol. The number of nitrogens with two attached hydrogens (primary N) is 1. The smallest absolute Gasteiger partial charge is 0.295 e. The predicted molar refractivity (Wildman–Crippen MR) is 66.5 cm³/mol. The van der Waals surface area contributed by atoms with Gasteiger partial charge >= 0.3 is 0 Å². The average Bonchev–Trinajstić information content (AvgIpc) is 2.28. The quantitative estimate of drug-likeness (QED) is 0.812. The molecule has 3 N–H and O–H groups in total. The molecular formula is C12H13NO3S. The van der Waals surface area contributed by atoms with Crippen molar-refractivity contribution in [1.82, 2.24) is 0 Å². The fraction of sp³-hybridized carbons (Fsp3) is 0.167. The van der Waals surface area contributed by atoms with Crippen LogP contribution in [0.2, 0.25) is 0 Å². The molecule has 0 aliphatic rings. The van der Waals surface area contributed by atoms with Crippen molar-refractivity contribution in [2.24, 2.45) is 5.73 Å². The van der Waals surface area contributed by atoms with Crippen molar-refractivity contribution in [3.05, 3.63) is 42.0 Å². The molecule has 4 nitrogen and oxygen atoms in total. The highest BCUT2D eigenvalue weighted by Gasteiger charge is 2.14. The highest BCUT2D eigenvalue weighted by molar-refractivity contribution is 7.86. The molecule has 0 aliphatic heterocycles. The van der Waals surface area contributed by atoms with Gasteiger partial charge in [-0.1, -0.05) is 30.3 Å². The van der Waals surface area contributed by atoms with Crippen LogP contribution in [0.4, 0.5) is 0 Å². The molecule has 0 spiro atoms. The minimum Gasteiger partial charge on any atom is -0.330 e. The van der Waals surface area contributed by atoms with Gasteiger partial charge in [0.25, 0.3) is 10.1 Å². The van der Waals surface area contributed by atoms with E-state index in [9.17, 15) is 8.42 Å². The Labute approximate surface area is 99.8 Å². The van der Waals surface area contributed by atoms with Crippen LogP contribution < -0.4 is 5.73 Å². The standard InChI is InChI=1S/C12H13NO3S/c13-8-7-9-3-1-5-11-10(9)4-2-6-12(11)17(14,15)16/h1-6H,7-8,13H2,(H,14,15,16). The van der Waals surface area contributed by atoms with Crippen LogP contribution in [0.5, 0.6) is 0 Å². The van der Waals surface area contributed by atoms with Crippen LogP contribution in [-0.2, 0) is 16.5 Å². The zero-order valence-electron chi connectivity index (χ0n) is 9.13. The largest absolute Gasteiger partial charge is 0.330 e. The number of rotatable bonds is 3. The maximum atomic E-state index is 11.2. The minimum absolute atomic E-state index is 0.0612. The summed E-state index contributed by atoms with van der Waals surface area (Å²) < 4.78 is 31.6. The summed E-state index contributed by atoms with van der Waals surface area (Å²) in [4.78, 5) is -0.0612. The number of benzene rings is 2. The first-order chi connectivity index (χ1) is 8.04. The van der Waals surface area contributed by atoms with Gasteiger partial charge in [0.2, 0.25) is 0 Å². The second-order valence-corrected chi connectivity index (χ2v) is 5.17. The summed E-state index contributed by atoms with van der Waals surface area (Å²) in [5, 5.41) is 1.34. The van der Waals surface area contributed by atoms with E-state index in [4.69, 9.17) is 10.3 Å². The Morgan fingerprint density at radius 1 is 1.06 bits per heavy atom. The van der Waals surface area contributed by atoms with Crippen LogP contribution in [-0.4, -0.2) is 19.5 Å². The molecule has 0 amide bonds. The van der Waals surface area contributed by atoms with Gasteiger partial charge in [0.05, 0.1) is 0 Å². The molecular weight excluding hydrogens is 238 g/mol. The SMILES string of the molecule is NCCc1cccc2c(S(=O)(=O)O)cccc12. The summed E-state index contributed by atoms with van der Waals surface area (Å²) >= 11 is 0. The first-order valence-corrected chi connectivity index (χ1v) is 6.66. The number of hydrogen-bond acceptors (Lipinski definition) is 3. The molecule has 0 heterocycles. The summed E-state index contributed by atoms with van der Waals surface area (Å²) in [7, 11) is -4.19. The van der Waals surface area contributed by atoms with Crippen LogP contribution in [0.25, 0.3) is 10.8 Å². The summed E-state index contributed by atoms with van der Waals surface area (Å²) in [6.07, 6.45) is 0.673. The Kier molecular flexibility index (Phi) is 3.15. The Morgan fingerprint density at radius 2 is 1.71 bits per heavy atom. The molecule has 0 fully saturated rings. The van der Waals surface area contributed by atoms with Crippen LogP contribution in [0.3, 0.4) is 0 Å². The molecule has 0 aromatic heterocycles. The third-order valence-corrected chi connectivity index (χ3v) is 3.58. The van der Waals surface area contributed by atoms with E-state index in [1.54, 1.807) is 18.2 Å². The van der Waals surface area contributed by atoms with Crippen LogP contribution >= 0.6 is 0 Å². The van der Waals surface area contributed by atoms with E-state index in [1.165, 1.54) is 6.07 Å². The minimum atomic E-state index is -4.19. The van der Waals surface area contributed by atoms with Crippen molar-refractivity contribution in [2.75, 3.05) is 6.54 Å². The predicted octanol–water partition coefficient (Wildman–Crippen LogP) is 1.59. The van der Waals surface area contributed by atoms with Crippen molar-refractivity contribution >= 4 is 20.9 Å². The highest BCUT2D eigenvalue weighted by atomic mass is 32.2. The van der Waals surface area contributed by atoms with E-state index in [2.05, 4.69) is 0 Å². The molecule has 0 bridgehead atoms. The second-order valence-electron chi connectivity index (χ2n) is 3.78. The summed E-state index contributed by atoms with van der Waals surface area (Å²) in [6, 6.07) is 10.2. The van der Waals surface area contributed by atoms with Crippen LogP contribution in [0.1, 0.15) is 5.56 Å². The first-order valence-electron chi connectivity index (χ1n) is 5.22. The molecule has 17 heavy (non-hydrogen) atoms. The van der Waals surface area contributed by atoms with Crippen LogP contribution in [0, 0.1) is 0 Å². The Bertz CT molecular complexity index is 650. The van der Waals surface area contributed by atoms with Crippen molar-refractivity contribution in [3.63, 3.8) is 0 Å². The van der Waals surface area contributed by atoms with E-state index >= 15 is 0 Å². The van der Waals surface area contributed by atoms with Gasteiger partial charge in [0.15, 0.2) is 0 Å². The lowest BCUT2D eigenvalue weighted by atomic mass is 10.0. The molecule has 0 saturated carbocycles. The molecule has 90 valence electrons. The Hall–Kier alpha value is -1.43. The summed E-state index contributed by atoms with van der Waals surface area (Å²) in [5.41, 5.74) is 6.49. The third-order valence-electron chi connectivity index (χ3n) is 2.66. The van der Waals surface area contributed by atoms with Gasteiger partial charge in [0.1, 0.15) is 4.90 Å².